The van der Waals surface area contributed by atoms with Crippen LogP contribution in [-0.2, 0) is 19.1 Å². The number of alkyl halides is 2. The molecule has 0 N–H and O–H groups in total. The molecule has 3 aliphatic carbocycles. The van der Waals surface area contributed by atoms with Gasteiger partial charge in [0.15, 0.2) is 0 Å². The van der Waals surface area contributed by atoms with E-state index in [1.807, 2.05) is 0 Å². The lowest BCUT2D eigenvalue weighted by molar-refractivity contribution is -0.168. The molecule has 0 aliphatic heterocycles. The topological polar surface area (TPSA) is 52.6 Å². The quantitative estimate of drug-likeness (QED) is 0.541. The van der Waals surface area contributed by atoms with Gasteiger partial charge in [0.1, 0.15) is 0 Å². The zero-order valence-corrected chi connectivity index (χ0v) is 13.4. The highest BCUT2D eigenvalue weighted by atomic mass is 79.9. The van der Waals surface area contributed by atoms with Crippen LogP contribution in [0.5, 0.6) is 0 Å². The lowest BCUT2D eigenvalue weighted by atomic mass is 9.58. The molecule has 102 valence electrons. The zero-order chi connectivity index (χ0) is 13.4. The van der Waals surface area contributed by atoms with Gasteiger partial charge in [-0.15, -0.1) is 0 Å². The third-order valence-corrected chi connectivity index (χ3v) is 7.42. The Labute approximate surface area is 123 Å². The number of hydrogen-bond donors (Lipinski definition) is 0. The van der Waals surface area contributed by atoms with Crippen LogP contribution in [0.15, 0.2) is 0 Å². The monoisotopic (exact) mass is 382 g/mol. The van der Waals surface area contributed by atoms with E-state index in [1.54, 1.807) is 0 Å². The first-order valence-corrected chi connectivity index (χ1v) is 7.79. The number of carbonyl (C=O) groups excluding carboxylic acids is 2. The van der Waals surface area contributed by atoms with Crippen LogP contribution in [-0.4, -0.2) is 35.8 Å². The molecule has 0 radical (unpaired) electrons. The molecule has 18 heavy (non-hydrogen) atoms. The second-order valence-corrected chi connectivity index (χ2v) is 7.01. The molecule has 0 heterocycles. The molecule has 0 aromatic carbocycles. The first-order valence-electron chi connectivity index (χ1n) is 5.96. The number of carbonyl (C=O) groups is 2. The van der Waals surface area contributed by atoms with Crippen molar-refractivity contribution >= 4 is 43.8 Å². The van der Waals surface area contributed by atoms with Gasteiger partial charge in [-0.05, 0) is 24.7 Å². The van der Waals surface area contributed by atoms with Crippen LogP contribution in [0.2, 0.25) is 0 Å². The maximum Gasteiger partial charge on any atom is 0.309 e. The molecule has 2 bridgehead atoms. The van der Waals surface area contributed by atoms with Crippen LogP contribution < -0.4 is 0 Å². The number of hydrogen-bond acceptors (Lipinski definition) is 4. The van der Waals surface area contributed by atoms with Gasteiger partial charge in [0.25, 0.3) is 0 Å². The third-order valence-electron chi connectivity index (χ3n) is 4.21. The van der Waals surface area contributed by atoms with Crippen molar-refractivity contribution in [2.75, 3.05) is 14.2 Å². The Morgan fingerprint density at radius 2 is 1.22 bits per heavy atom. The Bertz CT molecular complexity index is 326. The van der Waals surface area contributed by atoms with E-state index in [-0.39, 0.29) is 45.3 Å². The van der Waals surface area contributed by atoms with Crippen molar-refractivity contribution in [3.8, 4) is 0 Å². The predicted molar refractivity (Wildman–Crippen MR) is 72.7 cm³/mol. The van der Waals surface area contributed by atoms with Crippen molar-refractivity contribution in [1.29, 1.82) is 0 Å². The average molecular weight is 384 g/mol. The molecular weight excluding hydrogens is 368 g/mol. The van der Waals surface area contributed by atoms with E-state index >= 15 is 0 Å². The fraction of sp³-hybridized carbons (Fsp3) is 0.833. The first-order chi connectivity index (χ1) is 8.52. The summed E-state index contributed by atoms with van der Waals surface area (Å²) >= 11 is 7.28. The molecule has 0 saturated heterocycles. The van der Waals surface area contributed by atoms with Crippen LogP contribution in [0.1, 0.15) is 12.8 Å². The average Bonchev–Trinajstić information content (AvgIpc) is 2.41. The smallest absolute Gasteiger partial charge is 0.309 e. The van der Waals surface area contributed by atoms with Crippen LogP contribution in [0, 0.1) is 23.7 Å². The Kier molecular flexibility index (Phi) is 4.36. The van der Waals surface area contributed by atoms with E-state index in [1.165, 1.54) is 14.2 Å². The predicted octanol–water partition coefficient (Wildman–Crippen LogP) is 2.13. The highest BCUT2D eigenvalue weighted by Gasteiger charge is 2.58. The Balaban J connectivity index is 2.35. The third kappa shape index (κ3) is 2.11. The van der Waals surface area contributed by atoms with Gasteiger partial charge in [0, 0.05) is 9.65 Å². The van der Waals surface area contributed by atoms with Gasteiger partial charge in [-0.1, -0.05) is 31.9 Å². The van der Waals surface area contributed by atoms with Crippen molar-refractivity contribution in [1.82, 2.24) is 0 Å². The molecule has 3 rings (SSSR count). The Hall–Kier alpha value is -0.100. The molecule has 4 nitrogen and oxygen atoms in total. The van der Waals surface area contributed by atoms with E-state index < -0.39 is 0 Å². The summed E-state index contributed by atoms with van der Waals surface area (Å²) in [5.41, 5.74) is 0. The second-order valence-electron chi connectivity index (χ2n) is 4.89. The largest absolute Gasteiger partial charge is 0.469 e. The maximum atomic E-state index is 12.0. The molecule has 0 spiro atoms. The molecule has 0 amide bonds. The van der Waals surface area contributed by atoms with Crippen LogP contribution in [0.25, 0.3) is 0 Å². The Morgan fingerprint density at radius 3 is 1.50 bits per heavy atom. The molecule has 3 aliphatic rings. The van der Waals surface area contributed by atoms with Crippen molar-refractivity contribution in [3.63, 3.8) is 0 Å². The highest BCUT2D eigenvalue weighted by Crippen LogP contribution is 2.54. The second kappa shape index (κ2) is 5.49. The summed E-state index contributed by atoms with van der Waals surface area (Å²) in [7, 11) is 2.74. The summed E-state index contributed by atoms with van der Waals surface area (Å²) in [6.45, 7) is 0. The number of halogens is 2. The van der Waals surface area contributed by atoms with Gasteiger partial charge in [-0.25, -0.2) is 0 Å². The van der Waals surface area contributed by atoms with E-state index in [2.05, 4.69) is 31.9 Å². The zero-order valence-electron chi connectivity index (χ0n) is 10.3. The van der Waals surface area contributed by atoms with E-state index in [0.717, 1.165) is 12.8 Å². The standard InChI is InChI=1S/C12H16Br2O4/c1-17-11(15)7-5-3-4-6(10(14)9(5)13)8(7)12(16)18-2/h5-10H,3-4H2,1-2H3/t5-,6+,7-,8+,9-,10+. The minimum absolute atomic E-state index is 0.121. The minimum atomic E-state index is -0.389. The fourth-order valence-electron chi connectivity index (χ4n) is 3.38. The summed E-state index contributed by atoms with van der Waals surface area (Å²) in [4.78, 5) is 24.3. The Morgan fingerprint density at radius 1 is 0.889 bits per heavy atom. The van der Waals surface area contributed by atoms with Crippen LogP contribution in [0.3, 0.4) is 0 Å². The van der Waals surface area contributed by atoms with Gasteiger partial charge in [-0.3, -0.25) is 9.59 Å². The van der Waals surface area contributed by atoms with Crippen LogP contribution >= 0.6 is 31.9 Å². The molecule has 3 saturated carbocycles. The lowest BCUT2D eigenvalue weighted by Crippen LogP contribution is -2.57. The number of esters is 2. The minimum Gasteiger partial charge on any atom is -0.469 e. The summed E-state index contributed by atoms with van der Waals surface area (Å²) < 4.78 is 9.74. The highest BCUT2D eigenvalue weighted by molar-refractivity contribution is 9.12. The summed E-state index contributed by atoms with van der Waals surface area (Å²) in [5, 5.41) is 0. The number of ether oxygens (including phenoxy) is 2. The van der Waals surface area contributed by atoms with Gasteiger partial charge < -0.3 is 9.47 Å². The first kappa shape index (κ1) is 14.3. The van der Waals surface area contributed by atoms with Crippen LogP contribution in [0.4, 0.5) is 0 Å². The van der Waals surface area contributed by atoms with Gasteiger partial charge >= 0.3 is 11.9 Å². The van der Waals surface area contributed by atoms with Crippen molar-refractivity contribution in [3.05, 3.63) is 0 Å². The molecule has 0 unspecified atom stereocenters. The molecule has 0 aromatic rings. The molecule has 6 atom stereocenters. The van der Waals surface area contributed by atoms with Gasteiger partial charge in [0.05, 0.1) is 26.1 Å². The number of rotatable bonds is 2. The summed E-state index contributed by atoms with van der Waals surface area (Å²) in [5.74, 6) is -1.14. The normalized spacial score (nSPS) is 42.4. The molecule has 0 aromatic heterocycles. The summed E-state index contributed by atoms with van der Waals surface area (Å²) in [6.07, 6.45) is 1.88. The van der Waals surface area contributed by atoms with Gasteiger partial charge in [0.2, 0.25) is 0 Å². The lowest BCUT2D eigenvalue weighted by Gasteiger charge is -2.51. The SMILES string of the molecule is COC(=O)[C@@H]1[C@H]2CC[C@H]([C@H](Br)[C@@H]2Br)[C@@H]1C(=O)OC. The van der Waals surface area contributed by atoms with E-state index in [9.17, 15) is 9.59 Å². The van der Waals surface area contributed by atoms with Crippen molar-refractivity contribution in [2.24, 2.45) is 23.7 Å². The van der Waals surface area contributed by atoms with Crippen molar-refractivity contribution < 1.29 is 19.1 Å². The van der Waals surface area contributed by atoms with Gasteiger partial charge in [-0.2, -0.15) is 0 Å². The van der Waals surface area contributed by atoms with Crippen molar-refractivity contribution in [2.45, 2.75) is 22.5 Å². The summed E-state index contributed by atoms with van der Waals surface area (Å²) in [6, 6.07) is 0. The number of fused-ring (bicyclic) bond motifs is 3. The molecule has 3 fully saturated rings. The number of methoxy groups -OCH3 is 2. The molecule has 6 heteroatoms. The van der Waals surface area contributed by atoms with E-state index in [4.69, 9.17) is 9.47 Å². The fourth-order valence-corrected chi connectivity index (χ4v) is 5.35. The molecular formula is C12H16Br2O4. The van der Waals surface area contributed by atoms with E-state index in [0.29, 0.717) is 0 Å². The maximum absolute atomic E-state index is 12.0.